The maximum atomic E-state index is 13.1. The Morgan fingerprint density at radius 3 is 2.33 bits per heavy atom. The van der Waals surface area contributed by atoms with Crippen molar-refractivity contribution >= 4 is 15.9 Å². The molecule has 0 aromatic heterocycles. The molecule has 30 heavy (non-hydrogen) atoms. The van der Waals surface area contributed by atoms with Crippen molar-refractivity contribution in [2.24, 2.45) is 0 Å². The molecule has 1 heterocycles. The molecule has 1 aliphatic heterocycles. The summed E-state index contributed by atoms with van der Waals surface area (Å²) in [5.74, 6) is 0.577. The van der Waals surface area contributed by atoms with E-state index in [-0.39, 0.29) is 5.91 Å². The van der Waals surface area contributed by atoms with Crippen molar-refractivity contribution in [3.63, 3.8) is 0 Å². The van der Waals surface area contributed by atoms with Crippen molar-refractivity contribution in [2.45, 2.75) is 37.5 Å². The van der Waals surface area contributed by atoms with Crippen LogP contribution in [0.2, 0.25) is 0 Å². The second kappa shape index (κ2) is 8.40. The lowest BCUT2D eigenvalue weighted by Gasteiger charge is -2.34. The Morgan fingerprint density at radius 2 is 1.63 bits per heavy atom. The highest BCUT2D eigenvalue weighted by molar-refractivity contribution is 7.89. The van der Waals surface area contributed by atoms with Gasteiger partial charge in [0.1, 0.15) is 5.75 Å². The van der Waals surface area contributed by atoms with Crippen molar-refractivity contribution in [3.8, 4) is 5.75 Å². The molecule has 160 valence electrons. The van der Waals surface area contributed by atoms with E-state index in [0.29, 0.717) is 42.4 Å². The monoisotopic (exact) mass is 428 g/mol. The Balaban J connectivity index is 1.45. The molecule has 1 saturated heterocycles. The number of carbonyl (C=O) groups excluding carboxylic acids is 1. The fourth-order valence-electron chi connectivity index (χ4n) is 4.29. The molecule has 0 radical (unpaired) electrons. The molecule has 0 N–H and O–H groups in total. The smallest absolute Gasteiger partial charge is 0.254 e. The van der Waals surface area contributed by atoms with Gasteiger partial charge in [0, 0.05) is 31.7 Å². The van der Waals surface area contributed by atoms with Gasteiger partial charge in [-0.3, -0.25) is 4.79 Å². The third-order valence-electron chi connectivity index (χ3n) is 6.14. The maximum Gasteiger partial charge on any atom is 0.254 e. The lowest BCUT2D eigenvalue weighted by molar-refractivity contribution is 0.0697. The zero-order valence-corrected chi connectivity index (χ0v) is 18.4. The minimum atomic E-state index is -3.55. The van der Waals surface area contributed by atoms with Crippen molar-refractivity contribution in [1.82, 2.24) is 9.21 Å². The topological polar surface area (TPSA) is 66.9 Å². The predicted molar refractivity (Wildman–Crippen MR) is 115 cm³/mol. The minimum Gasteiger partial charge on any atom is -0.496 e. The van der Waals surface area contributed by atoms with Crippen LogP contribution in [0.25, 0.3) is 0 Å². The number of nitrogens with zero attached hydrogens (tertiary/aromatic N) is 2. The number of ether oxygens (including phenoxy) is 1. The quantitative estimate of drug-likeness (QED) is 0.751. The minimum absolute atomic E-state index is 0.0980. The first-order chi connectivity index (χ1) is 14.4. The molecule has 4 rings (SSSR count). The number of amides is 1. The second-order valence-corrected chi connectivity index (χ2v) is 9.96. The summed E-state index contributed by atoms with van der Waals surface area (Å²) in [5, 5.41) is 0. The van der Waals surface area contributed by atoms with Crippen LogP contribution < -0.4 is 4.74 Å². The number of carbonyl (C=O) groups is 1. The highest BCUT2D eigenvalue weighted by atomic mass is 32.2. The van der Waals surface area contributed by atoms with E-state index in [2.05, 4.69) is 0 Å². The van der Waals surface area contributed by atoms with Crippen molar-refractivity contribution in [2.75, 3.05) is 33.3 Å². The van der Waals surface area contributed by atoms with Gasteiger partial charge in [-0.05, 0) is 73.6 Å². The van der Waals surface area contributed by atoms with Crippen LogP contribution in [0.5, 0.6) is 5.75 Å². The van der Waals surface area contributed by atoms with Crippen LogP contribution >= 0.6 is 0 Å². The van der Waals surface area contributed by atoms with E-state index in [0.717, 1.165) is 30.4 Å². The van der Waals surface area contributed by atoms with E-state index in [1.165, 1.54) is 16.3 Å². The molecule has 2 aliphatic rings. The van der Waals surface area contributed by atoms with E-state index in [4.69, 9.17) is 4.74 Å². The van der Waals surface area contributed by atoms with Crippen molar-refractivity contribution in [1.29, 1.82) is 0 Å². The SMILES string of the molecule is COc1cc(C(=O)N2CCN(S(=O)(=O)c3ccc4c(c3)CCCC4)CC2)ccc1C. The Morgan fingerprint density at radius 1 is 0.933 bits per heavy atom. The summed E-state index contributed by atoms with van der Waals surface area (Å²) in [6, 6.07) is 10.9. The van der Waals surface area contributed by atoms with Gasteiger partial charge < -0.3 is 9.64 Å². The molecule has 0 unspecified atom stereocenters. The van der Waals surface area contributed by atoms with Crippen LogP contribution in [0.3, 0.4) is 0 Å². The summed E-state index contributed by atoms with van der Waals surface area (Å²) in [5.41, 5.74) is 3.95. The van der Waals surface area contributed by atoms with Gasteiger partial charge >= 0.3 is 0 Å². The molecule has 2 aromatic carbocycles. The number of piperazine rings is 1. The summed E-state index contributed by atoms with van der Waals surface area (Å²) >= 11 is 0. The molecule has 1 aliphatic carbocycles. The molecular weight excluding hydrogens is 400 g/mol. The van der Waals surface area contributed by atoms with E-state index < -0.39 is 10.0 Å². The summed E-state index contributed by atoms with van der Waals surface area (Å²) in [7, 11) is -1.97. The third kappa shape index (κ3) is 3.96. The summed E-state index contributed by atoms with van der Waals surface area (Å²) in [4.78, 5) is 14.9. The predicted octanol–water partition coefficient (Wildman–Crippen LogP) is 3.03. The van der Waals surface area contributed by atoms with Crippen LogP contribution in [0, 0.1) is 6.92 Å². The Kier molecular flexibility index (Phi) is 5.84. The first-order valence-electron chi connectivity index (χ1n) is 10.5. The van der Waals surface area contributed by atoms with Gasteiger partial charge in [-0.2, -0.15) is 4.31 Å². The van der Waals surface area contributed by atoms with Crippen molar-refractivity contribution in [3.05, 3.63) is 58.7 Å². The van der Waals surface area contributed by atoms with Gasteiger partial charge in [0.05, 0.1) is 12.0 Å². The molecular formula is C23H28N2O4S. The highest BCUT2D eigenvalue weighted by Crippen LogP contribution is 2.26. The van der Waals surface area contributed by atoms with Crippen LogP contribution in [0.1, 0.15) is 39.9 Å². The zero-order valence-electron chi connectivity index (χ0n) is 17.6. The molecule has 1 amide bonds. The molecule has 6 nitrogen and oxygen atoms in total. The highest BCUT2D eigenvalue weighted by Gasteiger charge is 2.31. The number of hydrogen-bond donors (Lipinski definition) is 0. The fourth-order valence-corrected chi connectivity index (χ4v) is 5.76. The summed E-state index contributed by atoms with van der Waals surface area (Å²) < 4.78 is 33.1. The van der Waals surface area contributed by atoms with E-state index in [9.17, 15) is 13.2 Å². The zero-order chi connectivity index (χ0) is 21.3. The average molecular weight is 429 g/mol. The largest absolute Gasteiger partial charge is 0.496 e. The van der Waals surface area contributed by atoms with Crippen LogP contribution in [-0.2, 0) is 22.9 Å². The average Bonchev–Trinajstić information content (AvgIpc) is 2.78. The third-order valence-corrected chi connectivity index (χ3v) is 8.03. The molecule has 0 saturated carbocycles. The van der Waals surface area contributed by atoms with Gasteiger partial charge in [-0.15, -0.1) is 0 Å². The fraction of sp³-hybridized carbons (Fsp3) is 0.435. The number of sulfonamides is 1. The van der Waals surface area contributed by atoms with Gasteiger partial charge in [0.25, 0.3) is 5.91 Å². The summed E-state index contributed by atoms with van der Waals surface area (Å²) in [6.07, 6.45) is 4.25. The standard InChI is InChI=1S/C23H28N2O4S/c1-17-7-8-20(16-22(17)29-2)23(26)24-11-13-25(14-12-24)30(27,28)21-10-9-18-5-3-4-6-19(18)15-21/h7-10,15-16H,3-6,11-14H2,1-2H3. The van der Waals surface area contributed by atoms with Crippen molar-refractivity contribution < 1.29 is 17.9 Å². The van der Waals surface area contributed by atoms with Gasteiger partial charge in [-0.25, -0.2) is 8.42 Å². The molecule has 2 aromatic rings. The first kappa shape index (κ1) is 20.9. The molecule has 1 fully saturated rings. The lowest BCUT2D eigenvalue weighted by Crippen LogP contribution is -2.50. The number of benzene rings is 2. The van der Waals surface area contributed by atoms with E-state index in [1.807, 2.05) is 25.1 Å². The number of hydrogen-bond acceptors (Lipinski definition) is 4. The Bertz CT molecular complexity index is 1060. The summed E-state index contributed by atoms with van der Waals surface area (Å²) in [6.45, 7) is 3.28. The first-order valence-corrected chi connectivity index (χ1v) is 11.9. The molecule has 0 atom stereocenters. The van der Waals surface area contributed by atoms with Gasteiger partial charge in [0.2, 0.25) is 10.0 Å². The molecule has 0 bridgehead atoms. The maximum absolute atomic E-state index is 13.1. The second-order valence-electron chi connectivity index (χ2n) is 8.02. The van der Waals surface area contributed by atoms with Gasteiger partial charge in [-0.1, -0.05) is 12.1 Å². The van der Waals surface area contributed by atoms with Crippen LogP contribution in [-0.4, -0.2) is 56.8 Å². The Labute approximate surface area is 178 Å². The molecule has 7 heteroatoms. The van der Waals surface area contributed by atoms with Gasteiger partial charge in [0.15, 0.2) is 0 Å². The Hall–Kier alpha value is -2.38. The van der Waals surface area contributed by atoms with E-state index in [1.54, 1.807) is 30.2 Å². The number of fused-ring (bicyclic) bond motifs is 1. The number of aryl methyl sites for hydroxylation is 3. The number of methoxy groups -OCH3 is 1. The number of rotatable bonds is 4. The normalized spacial score (nSPS) is 17.5. The van der Waals surface area contributed by atoms with E-state index >= 15 is 0 Å². The van der Waals surface area contributed by atoms with Crippen LogP contribution in [0.15, 0.2) is 41.3 Å². The van der Waals surface area contributed by atoms with Crippen LogP contribution in [0.4, 0.5) is 0 Å². The lowest BCUT2D eigenvalue weighted by atomic mass is 9.92. The molecule has 0 spiro atoms.